The molecular formula is C12H17NO2S. The van der Waals surface area contributed by atoms with Crippen LogP contribution in [0.15, 0.2) is 6.07 Å². The van der Waals surface area contributed by atoms with Crippen LogP contribution >= 0.6 is 11.3 Å². The number of aliphatic hydroxyl groups excluding tert-OH is 1. The van der Waals surface area contributed by atoms with E-state index in [1.807, 2.05) is 24.8 Å². The molecule has 0 spiro atoms. The van der Waals surface area contributed by atoms with E-state index in [0.717, 1.165) is 29.8 Å². The van der Waals surface area contributed by atoms with Gasteiger partial charge in [0.1, 0.15) is 0 Å². The minimum atomic E-state index is 0.0205. The normalized spacial score (nSPS) is 20.4. The summed E-state index contributed by atoms with van der Waals surface area (Å²) in [5.41, 5.74) is 0.808. The second-order valence-electron chi connectivity index (χ2n) is 4.30. The lowest BCUT2D eigenvalue weighted by Gasteiger charge is -2.22. The molecule has 0 bridgehead atoms. The Kier molecular flexibility index (Phi) is 3.30. The number of amides is 1. The van der Waals surface area contributed by atoms with Crippen LogP contribution in [0.1, 0.15) is 33.0 Å². The van der Waals surface area contributed by atoms with Gasteiger partial charge in [-0.2, -0.15) is 0 Å². The zero-order valence-corrected chi connectivity index (χ0v) is 10.5. The lowest BCUT2D eigenvalue weighted by atomic mass is 10.2. The van der Waals surface area contributed by atoms with Gasteiger partial charge in [-0.05, 0) is 32.8 Å². The first-order valence-corrected chi connectivity index (χ1v) is 6.44. The summed E-state index contributed by atoms with van der Waals surface area (Å²) < 4.78 is 0. The van der Waals surface area contributed by atoms with Gasteiger partial charge in [0.05, 0.1) is 18.2 Å². The van der Waals surface area contributed by atoms with Crippen molar-refractivity contribution >= 4 is 17.2 Å². The minimum absolute atomic E-state index is 0.0205. The predicted molar refractivity (Wildman–Crippen MR) is 64.9 cm³/mol. The summed E-state index contributed by atoms with van der Waals surface area (Å²) >= 11 is 1.66. The van der Waals surface area contributed by atoms with E-state index < -0.39 is 0 Å². The van der Waals surface area contributed by atoms with E-state index in [1.54, 1.807) is 11.3 Å². The topological polar surface area (TPSA) is 40.5 Å². The largest absolute Gasteiger partial charge is 0.394 e. The SMILES string of the molecule is Cc1cc(C(=O)N2CCC[C@H]2CO)c(C)s1. The Morgan fingerprint density at radius 3 is 2.94 bits per heavy atom. The van der Waals surface area contributed by atoms with Crippen LogP contribution in [0, 0.1) is 13.8 Å². The number of aryl methyl sites for hydroxylation is 2. The number of hydrogen-bond donors (Lipinski definition) is 1. The van der Waals surface area contributed by atoms with Crippen molar-refractivity contribution in [2.45, 2.75) is 32.7 Å². The molecule has 1 aliphatic rings. The van der Waals surface area contributed by atoms with Gasteiger partial charge in [0, 0.05) is 16.3 Å². The van der Waals surface area contributed by atoms with E-state index in [1.165, 1.54) is 4.88 Å². The highest BCUT2D eigenvalue weighted by Crippen LogP contribution is 2.25. The monoisotopic (exact) mass is 239 g/mol. The third-order valence-electron chi connectivity index (χ3n) is 3.12. The molecule has 0 radical (unpaired) electrons. The molecule has 4 heteroatoms. The summed E-state index contributed by atoms with van der Waals surface area (Å²) in [5, 5.41) is 9.22. The predicted octanol–water partition coefficient (Wildman–Crippen LogP) is 1.96. The molecule has 2 rings (SSSR count). The maximum Gasteiger partial charge on any atom is 0.255 e. The molecule has 16 heavy (non-hydrogen) atoms. The second kappa shape index (κ2) is 4.55. The highest BCUT2D eigenvalue weighted by Gasteiger charge is 2.29. The Hall–Kier alpha value is -0.870. The van der Waals surface area contributed by atoms with E-state index in [2.05, 4.69) is 0 Å². The summed E-state index contributed by atoms with van der Waals surface area (Å²) in [6, 6.07) is 1.97. The molecule has 1 fully saturated rings. The number of thiophene rings is 1. The molecule has 1 saturated heterocycles. The van der Waals surface area contributed by atoms with Crippen molar-refractivity contribution in [3.8, 4) is 0 Å². The van der Waals surface area contributed by atoms with Crippen LogP contribution in [0.25, 0.3) is 0 Å². The summed E-state index contributed by atoms with van der Waals surface area (Å²) in [7, 11) is 0. The van der Waals surface area contributed by atoms with Gasteiger partial charge in [0.25, 0.3) is 5.91 Å². The Bertz CT molecular complexity index is 400. The lowest BCUT2D eigenvalue weighted by Crippen LogP contribution is -2.37. The first kappa shape index (κ1) is 11.6. The number of likely N-dealkylation sites (tertiary alicyclic amines) is 1. The molecule has 1 aromatic heterocycles. The van der Waals surface area contributed by atoms with Gasteiger partial charge in [-0.3, -0.25) is 4.79 Å². The van der Waals surface area contributed by atoms with Crippen LogP contribution < -0.4 is 0 Å². The molecule has 0 aromatic carbocycles. The Morgan fingerprint density at radius 2 is 2.38 bits per heavy atom. The van der Waals surface area contributed by atoms with E-state index in [-0.39, 0.29) is 18.6 Å². The molecule has 3 nitrogen and oxygen atoms in total. The van der Waals surface area contributed by atoms with Crippen molar-refractivity contribution in [3.63, 3.8) is 0 Å². The van der Waals surface area contributed by atoms with Crippen molar-refractivity contribution in [3.05, 3.63) is 21.4 Å². The smallest absolute Gasteiger partial charge is 0.255 e. The van der Waals surface area contributed by atoms with Crippen LogP contribution in [0.2, 0.25) is 0 Å². The maximum atomic E-state index is 12.3. The fourth-order valence-corrected chi connectivity index (χ4v) is 3.21. The molecule has 1 aliphatic heterocycles. The van der Waals surface area contributed by atoms with Crippen LogP contribution in [0.3, 0.4) is 0 Å². The molecule has 2 heterocycles. The summed E-state index contributed by atoms with van der Waals surface area (Å²) in [6.07, 6.45) is 1.92. The van der Waals surface area contributed by atoms with Crippen LogP contribution in [0.4, 0.5) is 0 Å². The van der Waals surface area contributed by atoms with Gasteiger partial charge in [0.2, 0.25) is 0 Å². The standard InChI is InChI=1S/C12H17NO2S/c1-8-6-11(9(2)16-8)12(15)13-5-3-4-10(13)7-14/h6,10,14H,3-5,7H2,1-2H3/t10-/m0/s1. The third kappa shape index (κ3) is 1.99. The molecule has 1 atom stereocenters. The Labute approximate surface area is 99.7 Å². The summed E-state index contributed by atoms with van der Waals surface area (Å²) in [6.45, 7) is 4.85. The quantitative estimate of drug-likeness (QED) is 0.857. The van der Waals surface area contributed by atoms with Gasteiger partial charge in [-0.1, -0.05) is 0 Å². The minimum Gasteiger partial charge on any atom is -0.394 e. The average molecular weight is 239 g/mol. The van der Waals surface area contributed by atoms with E-state index in [0.29, 0.717) is 0 Å². The van der Waals surface area contributed by atoms with Crippen LogP contribution in [-0.4, -0.2) is 35.1 Å². The average Bonchev–Trinajstić information content (AvgIpc) is 2.83. The van der Waals surface area contributed by atoms with E-state index in [4.69, 9.17) is 0 Å². The Balaban J connectivity index is 2.21. The summed E-state index contributed by atoms with van der Waals surface area (Å²) in [4.78, 5) is 16.3. The van der Waals surface area contributed by atoms with Gasteiger partial charge in [-0.25, -0.2) is 0 Å². The molecular weight excluding hydrogens is 222 g/mol. The van der Waals surface area contributed by atoms with Crippen LogP contribution in [0.5, 0.6) is 0 Å². The number of carbonyl (C=O) groups excluding carboxylic acids is 1. The van der Waals surface area contributed by atoms with Gasteiger partial charge >= 0.3 is 0 Å². The van der Waals surface area contributed by atoms with Crippen molar-refractivity contribution in [2.75, 3.05) is 13.2 Å². The molecule has 1 aromatic rings. The molecule has 1 amide bonds. The van der Waals surface area contributed by atoms with Crippen molar-refractivity contribution in [1.29, 1.82) is 0 Å². The number of rotatable bonds is 2. The van der Waals surface area contributed by atoms with Gasteiger partial charge in [-0.15, -0.1) is 11.3 Å². The van der Waals surface area contributed by atoms with Crippen molar-refractivity contribution in [2.24, 2.45) is 0 Å². The lowest BCUT2D eigenvalue weighted by molar-refractivity contribution is 0.0677. The second-order valence-corrected chi connectivity index (χ2v) is 5.76. The fourth-order valence-electron chi connectivity index (χ4n) is 2.29. The van der Waals surface area contributed by atoms with E-state index in [9.17, 15) is 9.90 Å². The van der Waals surface area contributed by atoms with E-state index >= 15 is 0 Å². The summed E-state index contributed by atoms with van der Waals surface area (Å²) in [5.74, 6) is 0.0819. The number of carbonyl (C=O) groups is 1. The molecule has 88 valence electrons. The zero-order chi connectivity index (χ0) is 11.7. The zero-order valence-electron chi connectivity index (χ0n) is 9.69. The van der Waals surface area contributed by atoms with Gasteiger partial charge in [0.15, 0.2) is 0 Å². The number of hydrogen-bond acceptors (Lipinski definition) is 3. The van der Waals surface area contributed by atoms with Gasteiger partial charge < -0.3 is 10.0 Å². The van der Waals surface area contributed by atoms with Crippen molar-refractivity contribution in [1.82, 2.24) is 4.90 Å². The first-order valence-electron chi connectivity index (χ1n) is 5.62. The van der Waals surface area contributed by atoms with Crippen LogP contribution in [-0.2, 0) is 0 Å². The first-order chi connectivity index (χ1) is 7.63. The molecule has 0 unspecified atom stereocenters. The van der Waals surface area contributed by atoms with Crippen molar-refractivity contribution < 1.29 is 9.90 Å². The number of aliphatic hydroxyl groups is 1. The highest BCUT2D eigenvalue weighted by molar-refractivity contribution is 7.12. The highest BCUT2D eigenvalue weighted by atomic mass is 32.1. The molecule has 0 aliphatic carbocycles. The number of nitrogens with zero attached hydrogens (tertiary/aromatic N) is 1. The molecule has 1 N–H and O–H groups in total. The molecule has 0 saturated carbocycles. The fraction of sp³-hybridized carbons (Fsp3) is 0.583. The third-order valence-corrected chi connectivity index (χ3v) is 4.09. The maximum absolute atomic E-state index is 12.3. The Morgan fingerprint density at radius 1 is 1.62 bits per heavy atom.